The van der Waals surface area contributed by atoms with E-state index in [9.17, 15) is 5.11 Å². The Bertz CT molecular complexity index is 584. The molecule has 3 saturated carbocycles. The van der Waals surface area contributed by atoms with Crippen LogP contribution in [-0.4, -0.2) is 11.2 Å². The molecule has 4 aliphatic rings. The van der Waals surface area contributed by atoms with Crippen LogP contribution in [0.25, 0.3) is 0 Å². The molecule has 0 radical (unpaired) electrons. The van der Waals surface area contributed by atoms with E-state index < -0.39 is 0 Å². The predicted molar refractivity (Wildman–Crippen MR) is 115 cm³/mol. The van der Waals surface area contributed by atoms with E-state index in [1.165, 1.54) is 57.8 Å². The molecular weight excluding hydrogens is 328 g/mol. The first-order valence-electron chi connectivity index (χ1n) is 12.0. The number of aliphatic hydroxyl groups excluding tert-OH is 1. The van der Waals surface area contributed by atoms with Crippen LogP contribution in [0, 0.1) is 39.9 Å². The number of rotatable bonds is 3. The Hall–Kier alpha value is -0.300. The molecule has 0 aliphatic heterocycles. The second-order valence-corrected chi connectivity index (χ2v) is 12.4. The van der Waals surface area contributed by atoms with Gasteiger partial charge in [-0.2, -0.15) is 0 Å². The van der Waals surface area contributed by atoms with E-state index in [0.29, 0.717) is 16.2 Å². The Morgan fingerprint density at radius 1 is 1.04 bits per heavy atom. The minimum Gasteiger partial charge on any atom is -0.393 e. The van der Waals surface area contributed by atoms with Crippen LogP contribution >= 0.6 is 0 Å². The normalized spacial score (nSPS) is 47.0. The summed E-state index contributed by atoms with van der Waals surface area (Å²) in [5.74, 6) is 3.73. The third-order valence-corrected chi connectivity index (χ3v) is 9.75. The van der Waals surface area contributed by atoms with Gasteiger partial charge in [0.1, 0.15) is 0 Å². The van der Waals surface area contributed by atoms with Gasteiger partial charge in [0, 0.05) is 0 Å². The number of aliphatic hydroxyl groups is 1. The summed E-state index contributed by atoms with van der Waals surface area (Å²) < 4.78 is 0. The maximum atomic E-state index is 10.2. The van der Waals surface area contributed by atoms with Gasteiger partial charge in [-0.25, -0.2) is 0 Å². The average molecular weight is 373 g/mol. The molecule has 0 bridgehead atoms. The third-order valence-electron chi connectivity index (χ3n) is 9.75. The molecule has 0 amide bonds. The second kappa shape index (κ2) is 6.89. The van der Waals surface area contributed by atoms with Crippen molar-refractivity contribution in [2.24, 2.45) is 39.9 Å². The Morgan fingerprint density at radius 3 is 2.56 bits per heavy atom. The van der Waals surface area contributed by atoms with Crippen molar-refractivity contribution < 1.29 is 5.11 Å². The molecular formula is C26H44O. The van der Waals surface area contributed by atoms with Crippen molar-refractivity contribution in [1.82, 2.24) is 0 Å². The zero-order chi connectivity index (χ0) is 19.4. The Balaban J connectivity index is 1.49. The molecule has 4 aliphatic carbocycles. The van der Waals surface area contributed by atoms with Crippen molar-refractivity contribution in [1.29, 1.82) is 0 Å². The topological polar surface area (TPSA) is 20.2 Å². The number of fused-ring (bicyclic) bond motifs is 5. The fourth-order valence-corrected chi connectivity index (χ4v) is 8.10. The maximum absolute atomic E-state index is 10.2. The monoisotopic (exact) mass is 372 g/mol. The molecule has 7 unspecified atom stereocenters. The summed E-state index contributed by atoms with van der Waals surface area (Å²) in [6, 6.07) is 0. The van der Waals surface area contributed by atoms with E-state index in [1.807, 2.05) is 0 Å². The lowest BCUT2D eigenvalue weighted by molar-refractivity contribution is -0.0510. The molecule has 7 atom stereocenters. The summed E-state index contributed by atoms with van der Waals surface area (Å²) in [7, 11) is 0. The lowest BCUT2D eigenvalue weighted by atomic mass is 9.47. The highest BCUT2D eigenvalue weighted by molar-refractivity contribution is 5.25. The van der Waals surface area contributed by atoms with Gasteiger partial charge in [-0.15, -0.1) is 0 Å². The summed E-state index contributed by atoms with van der Waals surface area (Å²) in [5.41, 5.74) is 3.11. The highest BCUT2D eigenvalue weighted by Gasteiger charge is 2.58. The molecule has 0 aromatic carbocycles. The van der Waals surface area contributed by atoms with Crippen molar-refractivity contribution in [3.05, 3.63) is 11.6 Å². The zero-order valence-electron chi connectivity index (χ0n) is 18.7. The molecule has 0 saturated heterocycles. The number of hydrogen-bond acceptors (Lipinski definition) is 1. The largest absolute Gasteiger partial charge is 0.393 e. The molecule has 3 fully saturated rings. The van der Waals surface area contributed by atoms with Crippen LogP contribution in [0.2, 0.25) is 0 Å². The maximum Gasteiger partial charge on any atom is 0.0577 e. The molecule has 1 N–H and O–H groups in total. The quantitative estimate of drug-likeness (QED) is 0.522. The average Bonchev–Trinajstić information content (AvgIpc) is 2.91. The Morgan fingerprint density at radius 2 is 1.81 bits per heavy atom. The molecule has 0 heterocycles. The van der Waals surface area contributed by atoms with Crippen LogP contribution in [-0.2, 0) is 0 Å². The van der Waals surface area contributed by atoms with Gasteiger partial charge in [0.25, 0.3) is 0 Å². The lowest BCUT2D eigenvalue weighted by Gasteiger charge is -2.58. The first kappa shape index (κ1) is 20.0. The lowest BCUT2D eigenvalue weighted by Crippen LogP contribution is -2.50. The molecule has 0 aromatic rings. The first-order valence-corrected chi connectivity index (χ1v) is 12.0. The van der Waals surface area contributed by atoms with Crippen LogP contribution in [0.4, 0.5) is 0 Å². The van der Waals surface area contributed by atoms with Crippen molar-refractivity contribution in [2.45, 2.75) is 111 Å². The molecule has 1 nitrogen and oxygen atoms in total. The molecule has 4 rings (SSSR count). The van der Waals surface area contributed by atoms with Crippen LogP contribution in [0.3, 0.4) is 0 Å². The second-order valence-electron chi connectivity index (χ2n) is 12.4. The number of hydrogen-bond donors (Lipinski definition) is 1. The van der Waals surface area contributed by atoms with Gasteiger partial charge < -0.3 is 5.11 Å². The fraction of sp³-hybridized carbons (Fsp3) is 0.923. The number of allylic oxidation sites excluding steroid dienone is 1. The molecule has 0 aromatic heterocycles. The summed E-state index contributed by atoms with van der Waals surface area (Å²) in [6.45, 7) is 12.4. The van der Waals surface area contributed by atoms with Crippen LogP contribution < -0.4 is 0 Å². The van der Waals surface area contributed by atoms with Crippen molar-refractivity contribution in [2.75, 3.05) is 0 Å². The summed E-state index contributed by atoms with van der Waals surface area (Å²) in [6.07, 6.45) is 17.2. The zero-order valence-corrected chi connectivity index (χ0v) is 18.7. The van der Waals surface area contributed by atoms with Gasteiger partial charge in [0.2, 0.25) is 0 Å². The minimum atomic E-state index is -0.0755. The molecule has 154 valence electrons. The smallest absolute Gasteiger partial charge is 0.0577 e. The third kappa shape index (κ3) is 3.45. The van der Waals surface area contributed by atoms with Gasteiger partial charge in [-0.1, -0.05) is 52.7 Å². The van der Waals surface area contributed by atoms with Gasteiger partial charge in [0.05, 0.1) is 6.10 Å². The van der Waals surface area contributed by atoms with Crippen LogP contribution in [0.15, 0.2) is 11.6 Å². The minimum absolute atomic E-state index is 0.0755. The first-order chi connectivity index (χ1) is 12.6. The van der Waals surface area contributed by atoms with E-state index in [0.717, 1.165) is 36.5 Å². The SMILES string of the molecule is CC(C)(C)CCCC1CCC2C3CC=C4CC(O)CCC4(C)C3CCC12C. The Kier molecular flexibility index (Phi) is 5.10. The van der Waals surface area contributed by atoms with E-state index >= 15 is 0 Å². The summed E-state index contributed by atoms with van der Waals surface area (Å²) >= 11 is 0. The fourth-order valence-electron chi connectivity index (χ4n) is 8.10. The molecule has 1 heteroatoms. The summed E-state index contributed by atoms with van der Waals surface area (Å²) in [5, 5.41) is 10.2. The van der Waals surface area contributed by atoms with Crippen molar-refractivity contribution in [3.63, 3.8) is 0 Å². The highest BCUT2D eigenvalue weighted by Crippen LogP contribution is 2.66. The van der Waals surface area contributed by atoms with E-state index in [1.54, 1.807) is 5.57 Å². The Labute approximate surface area is 168 Å². The standard InChI is InChI=1S/C26H44O/c1-24(2,3)14-6-7-18-9-11-22-21-10-8-19-17-20(27)12-15-26(19,5)23(21)13-16-25(18,22)4/h8,18,20-23,27H,6-7,9-17H2,1-5H3. The van der Waals surface area contributed by atoms with Gasteiger partial charge in [0.15, 0.2) is 0 Å². The summed E-state index contributed by atoms with van der Waals surface area (Å²) in [4.78, 5) is 0. The predicted octanol–water partition coefficient (Wildman–Crippen LogP) is 7.14. The van der Waals surface area contributed by atoms with Gasteiger partial charge >= 0.3 is 0 Å². The highest BCUT2D eigenvalue weighted by atomic mass is 16.3. The van der Waals surface area contributed by atoms with Crippen LogP contribution in [0.5, 0.6) is 0 Å². The molecule has 27 heavy (non-hydrogen) atoms. The van der Waals surface area contributed by atoms with Crippen molar-refractivity contribution >= 4 is 0 Å². The van der Waals surface area contributed by atoms with Gasteiger partial charge in [-0.3, -0.25) is 0 Å². The van der Waals surface area contributed by atoms with Gasteiger partial charge in [-0.05, 0) is 104 Å². The van der Waals surface area contributed by atoms with Crippen molar-refractivity contribution in [3.8, 4) is 0 Å². The molecule has 0 spiro atoms. The van der Waals surface area contributed by atoms with E-state index in [4.69, 9.17) is 0 Å². The van der Waals surface area contributed by atoms with Crippen LogP contribution in [0.1, 0.15) is 105 Å². The van der Waals surface area contributed by atoms with E-state index in [2.05, 4.69) is 40.7 Å². The van der Waals surface area contributed by atoms with E-state index in [-0.39, 0.29) is 6.10 Å².